The van der Waals surface area contributed by atoms with Crippen LogP contribution < -0.4 is 5.32 Å². The molecule has 0 radical (unpaired) electrons. The van der Waals surface area contributed by atoms with Crippen LogP contribution in [0.15, 0.2) is 78.9 Å². The number of hydrogen-bond donors (Lipinski definition) is 3. The van der Waals surface area contributed by atoms with Gasteiger partial charge in [0.05, 0.1) is 0 Å². The molecule has 31 heavy (non-hydrogen) atoms. The minimum Gasteiger partial charge on any atom is -0.504 e. The van der Waals surface area contributed by atoms with Gasteiger partial charge in [-0.2, -0.15) is 0 Å². The van der Waals surface area contributed by atoms with E-state index < -0.39 is 18.1 Å². The number of amides is 1. The summed E-state index contributed by atoms with van der Waals surface area (Å²) < 4.78 is 10.6. The Kier molecular flexibility index (Phi) is 7.48. The Labute approximate surface area is 179 Å². The minimum absolute atomic E-state index is 0.0436. The van der Waals surface area contributed by atoms with Gasteiger partial charge in [0.2, 0.25) is 0 Å². The molecule has 3 aromatic carbocycles. The number of nitrogens with one attached hydrogen (secondary N) is 1. The third kappa shape index (κ3) is 6.78. The summed E-state index contributed by atoms with van der Waals surface area (Å²) >= 11 is 0. The van der Waals surface area contributed by atoms with Crippen LogP contribution in [0.4, 0.5) is 4.79 Å². The highest BCUT2D eigenvalue weighted by molar-refractivity contribution is 5.81. The molecule has 0 heterocycles. The number of carbonyl (C=O) groups is 2. The molecule has 0 bridgehead atoms. The van der Waals surface area contributed by atoms with Gasteiger partial charge in [-0.1, -0.05) is 66.7 Å². The molecular formula is C24H23NO6. The first-order valence-corrected chi connectivity index (χ1v) is 9.70. The molecule has 7 heteroatoms. The van der Waals surface area contributed by atoms with Crippen molar-refractivity contribution in [1.29, 1.82) is 0 Å². The van der Waals surface area contributed by atoms with Crippen molar-refractivity contribution in [2.24, 2.45) is 0 Å². The third-order valence-electron chi connectivity index (χ3n) is 4.49. The maximum atomic E-state index is 12.7. The van der Waals surface area contributed by atoms with Crippen molar-refractivity contribution in [3.8, 4) is 11.5 Å². The standard InChI is InChI=1S/C24H23NO6/c26-21-12-11-19(14-22(21)27)13-20(23(28)30-15-17-7-3-1-4-8-17)25-24(29)31-16-18-9-5-2-6-10-18/h1-12,14,20,26-27H,13,15-16H2,(H,25,29)/t20-/m0/s1. The van der Waals surface area contributed by atoms with Crippen molar-refractivity contribution in [2.45, 2.75) is 25.7 Å². The van der Waals surface area contributed by atoms with Crippen molar-refractivity contribution in [3.63, 3.8) is 0 Å². The van der Waals surface area contributed by atoms with Gasteiger partial charge < -0.3 is 25.0 Å². The molecule has 7 nitrogen and oxygen atoms in total. The summed E-state index contributed by atoms with van der Waals surface area (Å²) in [5, 5.41) is 21.7. The summed E-state index contributed by atoms with van der Waals surface area (Å²) in [6.45, 7) is 0.107. The molecule has 0 saturated carbocycles. The number of benzene rings is 3. The van der Waals surface area contributed by atoms with E-state index in [0.717, 1.165) is 11.1 Å². The van der Waals surface area contributed by atoms with Gasteiger partial charge in [0.1, 0.15) is 19.3 Å². The van der Waals surface area contributed by atoms with E-state index >= 15 is 0 Å². The molecule has 0 unspecified atom stereocenters. The van der Waals surface area contributed by atoms with Gasteiger partial charge in [-0.3, -0.25) is 0 Å². The second-order valence-corrected chi connectivity index (χ2v) is 6.88. The molecule has 1 amide bonds. The molecule has 0 aliphatic rings. The fraction of sp³-hybridized carbons (Fsp3) is 0.167. The molecule has 0 aromatic heterocycles. The second-order valence-electron chi connectivity index (χ2n) is 6.88. The zero-order valence-corrected chi connectivity index (χ0v) is 16.7. The molecule has 0 aliphatic carbocycles. The topological polar surface area (TPSA) is 105 Å². The average Bonchev–Trinajstić information content (AvgIpc) is 2.79. The molecule has 160 valence electrons. The number of phenolic OH excluding ortho intramolecular Hbond substituents is 2. The first-order chi connectivity index (χ1) is 15.0. The predicted molar refractivity (Wildman–Crippen MR) is 113 cm³/mol. The highest BCUT2D eigenvalue weighted by Crippen LogP contribution is 2.25. The number of hydrogen-bond acceptors (Lipinski definition) is 6. The molecule has 3 rings (SSSR count). The first kappa shape index (κ1) is 21.7. The molecule has 0 aliphatic heterocycles. The van der Waals surface area contributed by atoms with Crippen LogP contribution in [0.1, 0.15) is 16.7 Å². The van der Waals surface area contributed by atoms with E-state index in [2.05, 4.69) is 5.32 Å². The number of phenols is 2. The number of ether oxygens (including phenoxy) is 2. The first-order valence-electron chi connectivity index (χ1n) is 9.70. The maximum absolute atomic E-state index is 12.7. The lowest BCUT2D eigenvalue weighted by Crippen LogP contribution is -2.43. The largest absolute Gasteiger partial charge is 0.504 e. The zero-order chi connectivity index (χ0) is 22.1. The van der Waals surface area contributed by atoms with Crippen molar-refractivity contribution in [1.82, 2.24) is 5.32 Å². The van der Waals surface area contributed by atoms with Crippen LogP contribution in [0.3, 0.4) is 0 Å². The van der Waals surface area contributed by atoms with Gasteiger partial charge in [-0.15, -0.1) is 0 Å². The minimum atomic E-state index is -1.05. The van der Waals surface area contributed by atoms with Crippen molar-refractivity contribution < 1.29 is 29.3 Å². The number of esters is 1. The lowest BCUT2D eigenvalue weighted by atomic mass is 10.1. The van der Waals surface area contributed by atoms with E-state index in [-0.39, 0.29) is 31.1 Å². The highest BCUT2D eigenvalue weighted by atomic mass is 16.6. The van der Waals surface area contributed by atoms with Crippen LogP contribution in [0, 0.1) is 0 Å². The Morgan fingerprint density at radius 1 is 0.742 bits per heavy atom. The average molecular weight is 421 g/mol. The van der Waals surface area contributed by atoms with Crippen LogP contribution in [-0.4, -0.2) is 28.3 Å². The number of carbonyl (C=O) groups excluding carboxylic acids is 2. The van der Waals surface area contributed by atoms with Crippen LogP contribution >= 0.6 is 0 Å². The Hall–Kier alpha value is -4.00. The van der Waals surface area contributed by atoms with Crippen molar-refractivity contribution >= 4 is 12.1 Å². The molecule has 3 N–H and O–H groups in total. The number of alkyl carbamates (subject to hydrolysis) is 1. The number of rotatable bonds is 8. The summed E-state index contributed by atoms with van der Waals surface area (Å²) in [5.41, 5.74) is 2.15. The SMILES string of the molecule is O=C(N[C@@H](Cc1ccc(O)c(O)c1)C(=O)OCc1ccccc1)OCc1ccccc1. The fourth-order valence-electron chi connectivity index (χ4n) is 2.86. The smallest absolute Gasteiger partial charge is 0.408 e. The molecule has 1 atom stereocenters. The monoisotopic (exact) mass is 421 g/mol. The predicted octanol–water partition coefficient (Wildman–Crippen LogP) is 3.68. The van der Waals surface area contributed by atoms with Gasteiger partial charge >= 0.3 is 12.1 Å². The molecule has 3 aromatic rings. The van der Waals surface area contributed by atoms with E-state index in [1.54, 1.807) is 6.07 Å². The summed E-state index contributed by atoms with van der Waals surface area (Å²) in [4.78, 5) is 25.0. The van der Waals surface area contributed by atoms with E-state index in [0.29, 0.717) is 5.56 Å². The molecule has 0 fully saturated rings. The van der Waals surface area contributed by atoms with Crippen molar-refractivity contribution in [3.05, 3.63) is 95.6 Å². The lowest BCUT2D eigenvalue weighted by molar-refractivity contribution is -0.147. The fourth-order valence-corrected chi connectivity index (χ4v) is 2.86. The Morgan fingerprint density at radius 3 is 1.90 bits per heavy atom. The summed E-state index contributed by atoms with van der Waals surface area (Å²) in [6, 6.07) is 21.5. The van der Waals surface area contributed by atoms with Gasteiger partial charge in [-0.25, -0.2) is 9.59 Å². The summed E-state index contributed by atoms with van der Waals surface area (Å²) in [7, 11) is 0. The van der Waals surface area contributed by atoms with Gasteiger partial charge in [0.15, 0.2) is 11.5 Å². The van der Waals surface area contributed by atoms with Gasteiger partial charge in [0, 0.05) is 6.42 Å². The van der Waals surface area contributed by atoms with E-state index in [1.165, 1.54) is 12.1 Å². The summed E-state index contributed by atoms with van der Waals surface area (Å²) in [5.74, 6) is -1.24. The summed E-state index contributed by atoms with van der Waals surface area (Å²) in [6.07, 6.45) is -0.726. The van der Waals surface area contributed by atoms with Crippen molar-refractivity contribution in [2.75, 3.05) is 0 Å². The quantitative estimate of drug-likeness (QED) is 0.379. The molecule has 0 saturated heterocycles. The Balaban J connectivity index is 1.65. The molecule has 0 spiro atoms. The second kappa shape index (κ2) is 10.7. The van der Waals surface area contributed by atoms with E-state index in [1.807, 2.05) is 60.7 Å². The van der Waals surface area contributed by atoms with Crippen LogP contribution in [-0.2, 0) is 33.9 Å². The Bertz CT molecular complexity index is 1010. The van der Waals surface area contributed by atoms with E-state index in [9.17, 15) is 19.8 Å². The van der Waals surface area contributed by atoms with Gasteiger partial charge in [-0.05, 0) is 28.8 Å². The highest BCUT2D eigenvalue weighted by Gasteiger charge is 2.24. The number of aromatic hydroxyl groups is 2. The Morgan fingerprint density at radius 2 is 1.32 bits per heavy atom. The van der Waals surface area contributed by atoms with Crippen LogP contribution in [0.25, 0.3) is 0 Å². The maximum Gasteiger partial charge on any atom is 0.408 e. The van der Waals surface area contributed by atoms with Crippen LogP contribution in [0.5, 0.6) is 11.5 Å². The van der Waals surface area contributed by atoms with E-state index in [4.69, 9.17) is 9.47 Å². The zero-order valence-electron chi connectivity index (χ0n) is 16.7. The van der Waals surface area contributed by atoms with Gasteiger partial charge in [0.25, 0.3) is 0 Å². The lowest BCUT2D eigenvalue weighted by Gasteiger charge is -2.18. The normalized spacial score (nSPS) is 11.4. The third-order valence-corrected chi connectivity index (χ3v) is 4.49. The van der Waals surface area contributed by atoms with Crippen LogP contribution in [0.2, 0.25) is 0 Å². The molecular weight excluding hydrogens is 398 g/mol.